The molecule has 0 aliphatic heterocycles. The number of carbonyl (C=O) groups is 1. The molecule has 0 unspecified atom stereocenters. The summed E-state index contributed by atoms with van der Waals surface area (Å²) in [5.74, 6) is 0.294. The van der Waals surface area contributed by atoms with Crippen molar-refractivity contribution in [1.82, 2.24) is 9.55 Å². The molecular weight excluding hydrogens is 340 g/mol. The summed E-state index contributed by atoms with van der Waals surface area (Å²) in [6, 6.07) is 7.61. The Balaban J connectivity index is 2.14. The summed E-state index contributed by atoms with van der Waals surface area (Å²) >= 11 is 1.46. The third kappa shape index (κ3) is 3.28. The van der Waals surface area contributed by atoms with Crippen molar-refractivity contribution in [3.05, 3.63) is 45.8 Å². The zero-order chi connectivity index (χ0) is 18.0. The number of hydrogen-bond acceptors (Lipinski definition) is 6. The standard InChI is InChI=1S/C18H18N2O4S/c1-4-24-13-7-5-12(6-8-13)15-11(2)25-17-16(15)18(22)20(10-19-17)9-14(21)23-3/h5-8,10H,4,9H2,1-3H3. The number of fused-ring (bicyclic) bond motifs is 1. The molecule has 0 bridgehead atoms. The van der Waals surface area contributed by atoms with Gasteiger partial charge in [-0.3, -0.25) is 14.2 Å². The number of aryl methyl sites for hydroxylation is 1. The number of methoxy groups -OCH3 is 1. The van der Waals surface area contributed by atoms with Crippen LogP contribution in [-0.2, 0) is 16.1 Å². The number of rotatable bonds is 5. The summed E-state index contributed by atoms with van der Waals surface area (Å²) in [4.78, 5) is 30.4. The van der Waals surface area contributed by atoms with Crippen molar-refractivity contribution in [3.63, 3.8) is 0 Å². The van der Waals surface area contributed by atoms with Crippen molar-refractivity contribution in [1.29, 1.82) is 0 Å². The average Bonchev–Trinajstić information content (AvgIpc) is 2.95. The van der Waals surface area contributed by atoms with Crippen molar-refractivity contribution >= 4 is 27.5 Å². The molecule has 0 aliphatic carbocycles. The highest BCUT2D eigenvalue weighted by Gasteiger charge is 2.18. The second kappa shape index (κ2) is 7.06. The number of benzene rings is 1. The van der Waals surface area contributed by atoms with Crippen LogP contribution in [0.3, 0.4) is 0 Å². The molecule has 1 aromatic carbocycles. The third-order valence-electron chi connectivity index (χ3n) is 3.84. The van der Waals surface area contributed by atoms with Gasteiger partial charge in [-0.1, -0.05) is 12.1 Å². The molecule has 0 saturated carbocycles. The maximum Gasteiger partial charge on any atom is 0.325 e. The predicted molar refractivity (Wildman–Crippen MR) is 97.2 cm³/mol. The van der Waals surface area contributed by atoms with Crippen molar-refractivity contribution in [3.8, 4) is 16.9 Å². The van der Waals surface area contributed by atoms with Gasteiger partial charge in [0.2, 0.25) is 0 Å². The van der Waals surface area contributed by atoms with E-state index in [9.17, 15) is 9.59 Å². The van der Waals surface area contributed by atoms with E-state index in [0.29, 0.717) is 16.8 Å². The van der Waals surface area contributed by atoms with Gasteiger partial charge in [-0.15, -0.1) is 11.3 Å². The van der Waals surface area contributed by atoms with E-state index in [4.69, 9.17) is 4.74 Å². The summed E-state index contributed by atoms with van der Waals surface area (Å²) < 4.78 is 11.4. The molecule has 0 N–H and O–H groups in total. The molecule has 7 heteroatoms. The van der Waals surface area contributed by atoms with Gasteiger partial charge < -0.3 is 9.47 Å². The van der Waals surface area contributed by atoms with Gasteiger partial charge in [-0.05, 0) is 31.5 Å². The second-order valence-corrected chi connectivity index (χ2v) is 6.63. The lowest BCUT2D eigenvalue weighted by Crippen LogP contribution is -2.25. The Labute approximate surface area is 148 Å². The topological polar surface area (TPSA) is 70.4 Å². The Morgan fingerprint density at radius 1 is 1.28 bits per heavy atom. The van der Waals surface area contributed by atoms with Crippen LogP contribution in [0.1, 0.15) is 11.8 Å². The molecule has 3 rings (SSSR count). The van der Waals surface area contributed by atoms with E-state index in [1.54, 1.807) is 0 Å². The van der Waals surface area contributed by atoms with Crippen LogP contribution in [0.15, 0.2) is 35.4 Å². The van der Waals surface area contributed by atoms with Crippen LogP contribution in [0.4, 0.5) is 0 Å². The van der Waals surface area contributed by atoms with Gasteiger partial charge in [-0.25, -0.2) is 4.98 Å². The Morgan fingerprint density at radius 2 is 2.00 bits per heavy atom. The molecule has 0 amide bonds. The van der Waals surface area contributed by atoms with Gasteiger partial charge >= 0.3 is 5.97 Å². The summed E-state index contributed by atoms with van der Waals surface area (Å²) in [5.41, 5.74) is 1.52. The number of ether oxygens (including phenoxy) is 2. The zero-order valence-electron chi connectivity index (χ0n) is 14.2. The fourth-order valence-corrected chi connectivity index (χ4v) is 3.69. The third-order valence-corrected chi connectivity index (χ3v) is 4.85. The molecular formula is C18H18N2O4S. The molecule has 0 saturated heterocycles. The van der Waals surface area contributed by atoms with Crippen LogP contribution in [0, 0.1) is 6.92 Å². The van der Waals surface area contributed by atoms with E-state index in [-0.39, 0.29) is 12.1 Å². The lowest BCUT2D eigenvalue weighted by Gasteiger charge is -2.07. The van der Waals surface area contributed by atoms with E-state index in [2.05, 4.69) is 9.72 Å². The maximum atomic E-state index is 12.9. The Morgan fingerprint density at radius 3 is 2.64 bits per heavy atom. The molecule has 0 atom stereocenters. The van der Waals surface area contributed by atoms with Crippen LogP contribution in [0.5, 0.6) is 5.75 Å². The van der Waals surface area contributed by atoms with Crippen LogP contribution in [0.25, 0.3) is 21.3 Å². The molecule has 25 heavy (non-hydrogen) atoms. The predicted octanol–water partition coefficient (Wildman–Crippen LogP) is 3.01. The maximum absolute atomic E-state index is 12.9. The summed E-state index contributed by atoms with van der Waals surface area (Å²) in [6.07, 6.45) is 1.39. The number of aromatic nitrogens is 2. The first kappa shape index (κ1) is 17.2. The lowest BCUT2D eigenvalue weighted by atomic mass is 10.0. The minimum Gasteiger partial charge on any atom is -0.494 e. The smallest absolute Gasteiger partial charge is 0.325 e. The van der Waals surface area contributed by atoms with Crippen LogP contribution in [0.2, 0.25) is 0 Å². The highest BCUT2D eigenvalue weighted by Crippen LogP contribution is 2.36. The van der Waals surface area contributed by atoms with Gasteiger partial charge in [0.05, 0.1) is 25.4 Å². The summed E-state index contributed by atoms with van der Waals surface area (Å²) in [6.45, 7) is 4.33. The number of nitrogens with zero attached hydrogens (tertiary/aromatic N) is 2. The van der Waals surface area contributed by atoms with E-state index in [1.165, 1.54) is 29.3 Å². The zero-order valence-corrected chi connectivity index (χ0v) is 15.1. The highest BCUT2D eigenvalue weighted by molar-refractivity contribution is 7.19. The summed E-state index contributed by atoms with van der Waals surface area (Å²) in [7, 11) is 1.29. The van der Waals surface area contributed by atoms with Gasteiger partial charge in [-0.2, -0.15) is 0 Å². The first-order valence-electron chi connectivity index (χ1n) is 7.83. The molecule has 0 aliphatic rings. The largest absolute Gasteiger partial charge is 0.494 e. The average molecular weight is 358 g/mol. The fraction of sp³-hybridized carbons (Fsp3) is 0.278. The Kier molecular flexibility index (Phi) is 4.85. The van der Waals surface area contributed by atoms with Crippen LogP contribution in [-0.4, -0.2) is 29.2 Å². The van der Waals surface area contributed by atoms with Crippen molar-refractivity contribution < 1.29 is 14.3 Å². The second-order valence-electron chi connectivity index (χ2n) is 5.42. The van der Waals surface area contributed by atoms with Crippen LogP contribution < -0.4 is 10.3 Å². The van der Waals surface area contributed by atoms with Crippen molar-refractivity contribution in [2.45, 2.75) is 20.4 Å². The molecule has 2 aromatic heterocycles. The molecule has 6 nitrogen and oxygen atoms in total. The fourth-order valence-electron chi connectivity index (χ4n) is 2.69. The molecule has 0 spiro atoms. The number of carbonyl (C=O) groups excluding carboxylic acids is 1. The van der Waals surface area contributed by atoms with E-state index in [1.807, 2.05) is 38.1 Å². The van der Waals surface area contributed by atoms with E-state index in [0.717, 1.165) is 21.8 Å². The SMILES string of the molecule is CCOc1ccc(-c2c(C)sc3ncn(CC(=O)OC)c(=O)c23)cc1. The first-order chi connectivity index (χ1) is 12.0. The highest BCUT2D eigenvalue weighted by atomic mass is 32.1. The normalized spacial score (nSPS) is 10.8. The minimum atomic E-state index is -0.488. The quantitative estimate of drug-likeness (QED) is 0.656. The van der Waals surface area contributed by atoms with Gasteiger partial charge in [0, 0.05) is 10.4 Å². The van der Waals surface area contributed by atoms with Gasteiger partial charge in [0.1, 0.15) is 17.1 Å². The van der Waals surface area contributed by atoms with Crippen molar-refractivity contribution in [2.75, 3.05) is 13.7 Å². The number of thiophene rings is 1. The monoisotopic (exact) mass is 358 g/mol. The molecule has 130 valence electrons. The van der Waals surface area contributed by atoms with E-state index >= 15 is 0 Å². The van der Waals surface area contributed by atoms with Gasteiger partial charge in [0.25, 0.3) is 5.56 Å². The molecule has 2 heterocycles. The van der Waals surface area contributed by atoms with Gasteiger partial charge in [0.15, 0.2) is 0 Å². The molecule has 0 radical (unpaired) electrons. The lowest BCUT2D eigenvalue weighted by molar-refractivity contribution is -0.141. The number of hydrogen-bond donors (Lipinski definition) is 0. The first-order valence-corrected chi connectivity index (χ1v) is 8.65. The minimum absolute atomic E-state index is 0.157. The Hall–Kier alpha value is -2.67. The summed E-state index contributed by atoms with van der Waals surface area (Å²) in [5, 5.41) is 0.526. The van der Waals surface area contributed by atoms with Crippen LogP contribution >= 0.6 is 11.3 Å². The Bertz CT molecular complexity index is 973. The van der Waals surface area contributed by atoms with E-state index < -0.39 is 5.97 Å². The van der Waals surface area contributed by atoms with Crippen molar-refractivity contribution in [2.24, 2.45) is 0 Å². The molecule has 3 aromatic rings. The number of esters is 1. The molecule has 0 fully saturated rings.